The molecule has 2 aromatic heterocycles. The number of anilines is 1. The zero-order valence-electron chi connectivity index (χ0n) is 18.5. The Morgan fingerprint density at radius 1 is 1.15 bits per heavy atom. The molecule has 0 saturated heterocycles. The van der Waals surface area contributed by atoms with Gasteiger partial charge in [0, 0.05) is 11.4 Å². The third-order valence-electron chi connectivity index (χ3n) is 5.23. The van der Waals surface area contributed by atoms with Gasteiger partial charge in [0.15, 0.2) is 5.16 Å². The standard InChI is InChI=1S/C25H25FN4O2S/c1-3-4-5-17-6-10-19(11-7-17)28-22(31)15-33-25-29-21-14-16(2)27-23(21)24(32)30(25)20-12-8-18(26)9-13-20/h6-14,27H,3-5,15H2,1-2H3,(H,28,31). The molecule has 2 heterocycles. The Morgan fingerprint density at radius 2 is 1.88 bits per heavy atom. The number of fused-ring (bicyclic) bond motifs is 1. The molecule has 33 heavy (non-hydrogen) atoms. The summed E-state index contributed by atoms with van der Waals surface area (Å²) in [7, 11) is 0. The van der Waals surface area contributed by atoms with Crippen LogP contribution in [0, 0.1) is 12.7 Å². The number of nitrogens with one attached hydrogen (secondary N) is 2. The minimum Gasteiger partial charge on any atom is -0.353 e. The van der Waals surface area contributed by atoms with Gasteiger partial charge in [0.2, 0.25) is 5.91 Å². The lowest BCUT2D eigenvalue weighted by molar-refractivity contribution is -0.113. The maximum absolute atomic E-state index is 13.4. The molecular weight excluding hydrogens is 439 g/mol. The van der Waals surface area contributed by atoms with Gasteiger partial charge < -0.3 is 10.3 Å². The molecule has 170 valence electrons. The van der Waals surface area contributed by atoms with Gasteiger partial charge in [-0.1, -0.05) is 37.2 Å². The molecule has 0 aliphatic rings. The Morgan fingerprint density at radius 3 is 2.58 bits per heavy atom. The summed E-state index contributed by atoms with van der Waals surface area (Å²) in [5.74, 6) is -0.530. The number of thioether (sulfide) groups is 1. The van der Waals surface area contributed by atoms with Crippen LogP contribution in [-0.2, 0) is 11.2 Å². The van der Waals surface area contributed by atoms with E-state index in [1.165, 1.54) is 34.4 Å². The molecule has 4 rings (SSSR count). The second-order valence-electron chi connectivity index (χ2n) is 7.86. The Balaban J connectivity index is 1.55. The molecule has 0 saturated carbocycles. The molecule has 0 radical (unpaired) electrons. The monoisotopic (exact) mass is 464 g/mol. The van der Waals surface area contributed by atoms with Crippen LogP contribution >= 0.6 is 11.8 Å². The van der Waals surface area contributed by atoms with Gasteiger partial charge in [-0.05, 0) is 67.8 Å². The number of hydrogen-bond acceptors (Lipinski definition) is 4. The number of aromatic nitrogens is 3. The number of hydrogen-bond donors (Lipinski definition) is 2. The fourth-order valence-corrected chi connectivity index (χ4v) is 4.37. The minimum absolute atomic E-state index is 0.0696. The highest BCUT2D eigenvalue weighted by atomic mass is 32.2. The molecule has 0 aliphatic heterocycles. The molecule has 0 bridgehead atoms. The average molecular weight is 465 g/mol. The van der Waals surface area contributed by atoms with Crippen molar-refractivity contribution in [2.45, 2.75) is 38.3 Å². The van der Waals surface area contributed by atoms with Gasteiger partial charge in [-0.3, -0.25) is 14.2 Å². The summed E-state index contributed by atoms with van der Waals surface area (Å²) in [6.07, 6.45) is 3.30. The topological polar surface area (TPSA) is 79.8 Å². The number of carbonyl (C=O) groups is 1. The van der Waals surface area contributed by atoms with Gasteiger partial charge in [0.1, 0.15) is 11.3 Å². The molecule has 0 atom stereocenters. The fourth-order valence-electron chi connectivity index (χ4n) is 3.55. The quantitative estimate of drug-likeness (QED) is 0.276. The summed E-state index contributed by atoms with van der Waals surface area (Å²) in [5.41, 5.74) is 3.85. The molecule has 2 aromatic carbocycles. The number of aromatic amines is 1. The Bertz CT molecular complexity index is 1330. The molecule has 4 aromatic rings. The Kier molecular flexibility index (Phi) is 6.93. The largest absolute Gasteiger partial charge is 0.353 e. The molecular formula is C25H25FN4O2S. The van der Waals surface area contributed by atoms with Crippen LogP contribution in [0.1, 0.15) is 31.0 Å². The smallest absolute Gasteiger partial charge is 0.283 e. The zero-order chi connectivity index (χ0) is 23.4. The lowest BCUT2D eigenvalue weighted by Crippen LogP contribution is -2.23. The van der Waals surface area contributed by atoms with Crippen LogP contribution in [0.2, 0.25) is 0 Å². The number of rotatable bonds is 8. The van der Waals surface area contributed by atoms with Crippen LogP contribution in [0.15, 0.2) is 64.5 Å². The van der Waals surface area contributed by atoms with Crippen molar-refractivity contribution < 1.29 is 9.18 Å². The van der Waals surface area contributed by atoms with Gasteiger partial charge in [0.25, 0.3) is 5.56 Å². The zero-order valence-corrected chi connectivity index (χ0v) is 19.3. The number of amides is 1. The van der Waals surface area contributed by atoms with Crippen molar-refractivity contribution in [3.05, 3.63) is 82.0 Å². The minimum atomic E-state index is -0.397. The molecule has 0 aliphatic carbocycles. The summed E-state index contributed by atoms with van der Waals surface area (Å²) >= 11 is 1.16. The molecule has 1 amide bonds. The van der Waals surface area contributed by atoms with Crippen molar-refractivity contribution in [1.29, 1.82) is 0 Å². The predicted octanol–water partition coefficient (Wildman–Crippen LogP) is 5.23. The van der Waals surface area contributed by atoms with E-state index >= 15 is 0 Å². The first-order valence-electron chi connectivity index (χ1n) is 10.8. The van der Waals surface area contributed by atoms with Crippen molar-refractivity contribution in [1.82, 2.24) is 14.5 Å². The van der Waals surface area contributed by atoms with Gasteiger partial charge in [-0.15, -0.1) is 0 Å². The van der Waals surface area contributed by atoms with Crippen LogP contribution in [-0.4, -0.2) is 26.2 Å². The second-order valence-corrected chi connectivity index (χ2v) is 8.80. The van der Waals surface area contributed by atoms with Crippen LogP contribution in [0.25, 0.3) is 16.7 Å². The van der Waals surface area contributed by atoms with Crippen molar-refractivity contribution in [2.75, 3.05) is 11.1 Å². The molecule has 8 heteroatoms. The van der Waals surface area contributed by atoms with E-state index in [2.05, 4.69) is 22.2 Å². The predicted molar refractivity (Wildman–Crippen MR) is 131 cm³/mol. The average Bonchev–Trinajstić information content (AvgIpc) is 3.19. The summed E-state index contributed by atoms with van der Waals surface area (Å²) in [6.45, 7) is 4.00. The van der Waals surface area contributed by atoms with E-state index in [0.29, 0.717) is 21.9 Å². The number of H-pyrrole nitrogens is 1. The molecule has 6 nitrogen and oxygen atoms in total. The number of nitrogens with zero attached hydrogens (tertiary/aromatic N) is 2. The first-order valence-corrected chi connectivity index (χ1v) is 11.8. The third-order valence-corrected chi connectivity index (χ3v) is 6.17. The van der Waals surface area contributed by atoms with Gasteiger partial charge in [-0.25, -0.2) is 9.37 Å². The van der Waals surface area contributed by atoms with Crippen molar-refractivity contribution in [2.24, 2.45) is 0 Å². The van der Waals surface area contributed by atoms with Gasteiger partial charge >= 0.3 is 0 Å². The van der Waals surface area contributed by atoms with Gasteiger partial charge in [0.05, 0.1) is 17.0 Å². The summed E-state index contributed by atoms with van der Waals surface area (Å²) in [4.78, 5) is 33.4. The van der Waals surface area contributed by atoms with E-state index in [1.54, 1.807) is 6.07 Å². The highest BCUT2D eigenvalue weighted by Crippen LogP contribution is 2.22. The van der Waals surface area contributed by atoms with E-state index < -0.39 is 5.82 Å². The maximum atomic E-state index is 13.4. The summed E-state index contributed by atoms with van der Waals surface area (Å²) < 4.78 is 14.8. The SMILES string of the molecule is CCCCc1ccc(NC(=O)CSc2nc3cc(C)[nH]c3c(=O)n2-c2ccc(F)cc2)cc1. The lowest BCUT2D eigenvalue weighted by Gasteiger charge is -2.12. The van der Waals surface area contributed by atoms with E-state index in [1.807, 2.05) is 31.2 Å². The maximum Gasteiger partial charge on any atom is 0.283 e. The summed E-state index contributed by atoms with van der Waals surface area (Å²) in [5, 5.41) is 3.25. The molecule has 0 unspecified atom stereocenters. The molecule has 0 fully saturated rings. The normalized spacial score (nSPS) is 11.1. The molecule has 2 N–H and O–H groups in total. The highest BCUT2D eigenvalue weighted by Gasteiger charge is 2.16. The highest BCUT2D eigenvalue weighted by molar-refractivity contribution is 7.99. The van der Waals surface area contributed by atoms with Crippen molar-refractivity contribution >= 4 is 34.4 Å². The van der Waals surface area contributed by atoms with Crippen LogP contribution < -0.4 is 10.9 Å². The third kappa shape index (κ3) is 5.34. The van der Waals surface area contributed by atoms with Crippen molar-refractivity contribution in [3.8, 4) is 5.69 Å². The first kappa shape index (κ1) is 22.8. The van der Waals surface area contributed by atoms with Crippen LogP contribution in [0.5, 0.6) is 0 Å². The van der Waals surface area contributed by atoms with E-state index in [-0.39, 0.29) is 17.2 Å². The first-order chi connectivity index (χ1) is 15.9. The molecule has 0 spiro atoms. The van der Waals surface area contributed by atoms with Crippen LogP contribution in [0.3, 0.4) is 0 Å². The van der Waals surface area contributed by atoms with Crippen LogP contribution in [0.4, 0.5) is 10.1 Å². The number of aryl methyl sites for hydroxylation is 2. The Hall–Kier alpha value is -3.39. The second kappa shape index (κ2) is 10.0. The Labute approximate surface area is 195 Å². The van der Waals surface area contributed by atoms with Crippen molar-refractivity contribution in [3.63, 3.8) is 0 Å². The van der Waals surface area contributed by atoms with E-state index in [4.69, 9.17) is 0 Å². The van der Waals surface area contributed by atoms with Gasteiger partial charge in [-0.2, -0.15) is 0 Å². The fraction of sp³-hybridized carbons (Fsp3) is 0.240. The van der Waals surface area contributed by atoms with E-state index in [0.717, 1.165) is 42.4 Å². The van der Waals surface area contributed by atoms with E-state index in [9.17, 15) is 14.0 Å². The number of halogens is 1. The number of carbonyl (C=O) groups excluding carboxylic acids is 1. The number of unbranched alkanes of at least 4 members (excludes halogenated alkanes) is 1. The number of benzene rings is 2. The summed E-state index contributed by atoms with van der Waals surface area (Å²) in [6, 6.07) is 15.2. The lowest BCUT2D eigenvalue weighted by atomic mass is 10.1.